The Kier molecular flexibility index (Phi) is 3.31. The van der Waals surface area contributed by atoms with E-state index in [9.17, 15) is 4.79 Å². The van der Waals surface area contributed by atoms with Crippen LogP contribution >= 0.6 is 0 Å². The normalized spacial score (nSPS) is 10.6. The number of ether oxygens (including phenoxy) is 2. The second-order valence-electron chi connectivity index (χ2n) is 4.47. The molecule has 0 aliphatic heterocycles. The van der Waals surface area contributed by atoms with Crippen LogP contribution in [0.4, 0.5) is 0 Å². The molecule has 3 rings (SSSR count). The van der Waals surface area contributed by atoms with Crippen LogP contribution in [0.1, 0.15) is 10.4 Å². The molecule has 0 atom stereocenters. The van der Waals surface area contributed by atoms with Gasteiger partial charge in [-0.1, -0.05) is 6.07 Å². The number of hydrogen-bond acceptors (Lipinski definition) is 4. The summed E-state index contributed by atoms with van der Waals surface area (Å²) in [5.41, 5.74) is 2.61. The van der Waals surface area contributed by atoms with Crippen LogP contribution in [0.3, 0.4) is 0 Å². The Labute approximate surface area is 121 Å². The molecule has 2 aromatic heterocycles. The van der Waals surface area contributed by atoms with Crippen LogP contribution < -0.4 is 4.74 Å². The molecule has 0 saturated carbocycles. The van der Waals surface area contributed by atoms with E-state index in [-0.39, 0.29) is 0 Å². The van der Waals surface area contributed by atoms with E-state index >= 15 is 0 Å². The summed E-state index contributed by atoms with van der Waals surface area (Å²) in [6.07, 6.45) is 1.80. The van der Waals surface area contributed by atoms with Gasteiger partial charge in [0, 0.05) is 11.8 Å². The molecule has 0 radical (unpaired) electrons. The summed E-state index contributed by atoms with van der Waals surface area (Å²) in [7, 11) is 2.98. The maximum Gasteiger partial charge on any atom is 0.342 e. The molecular weight excluding hydrogens is 268 g/mol. The third-order valence-corrected chi connectivity index (χ3v) is 3.29. The summed E-state index contributed by atoms with van der Waals surface area (Å²) in [6.45, 7) is 0. The van der Waals surface area contributed by atoms with E-state index in [4.69, 9.17) is 9.47 Å². The van der Waals surface area contributed by atoms with Crippen molar-refractivity contribution in [1.29, 1.82) is 0 Å². The summed E-state index contributed by atoms with van der Waals surface area (Å²) < 4.78 is 11.7. The van der Waals surface area contributed by atoms with E-state index in [1.807, 2.05) is 42.5 Å². The van der Waals surface area contributed by atoms with Crippen molar-refractivity contribution in [2.45, 2.75) is 0 Å². The highest BCUT2D eigenvalue weighted by Crippen LogP contribution is 2.28. The highest BCUT2D eigenvalue weighted by Gasteiger charge is 2.21. The van der Waals surface area contributed by atoms with Gasteiger partial charge in [-0.05, 0) is 36.4 Å². The molecule has 2 heterocycles. The van der Waals surface area contributed by atoms with Crippen LogP contribution in [-0.4, -0.2) is 29.8 Å². The molecular formula is C16H14N2O3. The lowest BCUT2D eigenvalue weighted by Crippen LogP contribution is -2.02. The van der Waals surface area contributed by atoms with Gasteiger partial charge in [-0.3, -0.25) is 0 Å². The molecule has 106 valence electrons. The molecule has 1 aromatic carbocycles. The molecule has 0 saturated heterocycles. The lowest BCUT2D eigenvalue weighted by atomic mass is 10.1. The van der Waals surface area contributed by atoms with Crippen molar-refractivity contribution in [3.8, 4) is 17.0 Å². The molecule has 5 nitrogen and oxygen atoms in total. The number of benzene rings is 1. The number of carbonyl (C=O) groups is 1. The molecule has 0 aliphatic carbocycles. The van der Waals surface area contributed by atoms with E-state index in [0.717, 1.165) is 16.8 Å². The quantitative estimate of drug-likeness (QED) is 0.693. The van der Waals surface area contributed by atoms with Crippen molar-refractivity contribution >= 4 is 11.5 Å². The van der Waals surface area contributed by atoms with Gasteiger partial charge in [-0.15, -0.1) is 0 Å². The highest BCUT2D eigenvalue weighted by atomic mass is 16.5. The Morgan fingerprint density at radius 3 is 2.52 bits per heavy atom. The Morgan fingerprint density at radius 1 is 1.10 bits per heavy atom. The zero-order chi connectivity index (χ0) is 14.8. The van der Waals surface area contributed by atoms with Gasteiger partial charge in [0.25, 0.3) is 0 Å². The first kappa shape index (κ1) is 13.2. The standard InChI is InChI=1S/C16H14N2O3/c1-20-12-8-6-11(7-9-12)15-14(16(19)21-2)13-5-3-4-10-18(13)17-15/h3-10H,1-2H3. The third-order valence-electron chi connectivity index (χ3n) is 3.29. The zero-order valence-corrected chi connectivity index (χ0v) is 11.7. The van der Waals surface area contributed by atoms with Gasteiger partial charge in [0.1, 0.15) is 17.0 Å². The summed E-state index contributed by atoms with van der Waals surface area (Å²) >= 11 is 0. The van der Waals surface area contributed by atoms with Gasteiger partial charge >= 0.3 is 5.97 Å². The second-order valence-corrected chi connectivity index (χ2v) is 4.47. The fourth-order valence-corrected chi connectivity index (χ4v) is 2.25. The number of hydrogen-bond donors (Lipinski definition) is 0. The van der Waals surface area contributed by atoms with Crippen molar-refractivity contribution in [3.63, 3.8) is 0 Å². The topological polar surface area (TPSA) is 52.8 Å². The average molecular weight is 282 g/mol. The summed E-state index contributed by atoms with van der Waals surface area (Å²) in [6, 6.07) is 13.0. The van der Waals surface area contributed by atoms with Crippen molar-refractivity contribution in [3.05, 3.63) is 54.2 Å². The fourth-order valence-electron chi connectivity index (χ4n) is 2.25. The van der Waals surface area contributed by atoms with Gasteiger partial charge in [-0.2, -0.15) is 5.10 Å². The zero-order valence-electron chi connectivity index (χ0n) is 11.7. The number of aromatic nitrogens is 2. The van der Waals surface area contributed by atoms with E-state index in [1.54, 1.807) is 17.8 Å². The van der Waals surface area contributed by atoms with Crippen LogP contribution in [0.2, 0.25) is 0 Å². The van der Waals surface area contributed by atoms with Crippen molar-refractivity contribution in [2.24, 2.45) is 0 Å². The predicted molar refractivity (Wildman–Crippen MR) is 78.5 cm³/mol. The summed E-state index contributed by atoms with van der Waals surface area (Å²) in [5.74, 6) is 0.351. The largest absolute Gasteiger partial charge is 0.497 e. The molecule has 0 bridgehead atoms. The monoisotopic (exact) mass is 282 g/mol. The third kappa shape index (κ3) is 2.23. The van der Waals surface area contributed by atoms with Gasteiger partial charge < -0.3 is 9.47 Å². The number of nitrogens with zero attached hydrogens (tertiary/aromatic N) is 2. The van der Waals surface area contributed by atoms with Crippen molar-refractivity contribution in [2.75, 3.05) is 14.2 Å². The molecule has 0 N–H and O–H groups in total. The first-order valence-electron chi connectivity index (χ1n) is 6.44. The molecule has 0 spiro atoms. The fraction of sp³-hybridized carbons (Fsp3) is 0.125. The Morgan fingerprint density at radius 2 is 1.86 bits per heavy atom. The maximum absolute atomic E-state index is 12.1. The molecule has 0 fully saturated rings. The Balaban J connectivity index is 2.22. The minimum atomic E-state index is -0.401. The first-order chi connectivity index (χ1) is 10.2. The lowest BCUT2D eigenvalue weighted by Gasteiger charge is -2.03. The summed E-state index contributed by atoms with van der Waals surface area (Å²) in [5, 5.41) is 4.48. The number of rotatable bonds is 3. The highest BCUT2D eigenvalue weighted by molar-refractivity contribution is 6.03. The minimum absolute atomic E-state index is 0.401. The number of esters is 1. The molecule has 0 aliphatic rings. The maximum atomic E-state index is 12.1. The lowest BCUT2D eigenvalue weighted by molar-refractivity contribution is 0.0604. The molecule has 3 aromatic rings. The van der Waals surface area contributed by atoms with Crippen LogP contribution in [0.15, 0.2) is 48.7 Å². The van der Waals surface area contributed by atoms with E-state index in [2.05, 4.69) is 5.10 Å². The minimum Gasteiger partial charge on any atom is -0.497 e. The van der Waals surface area contributed by atoms with Gasteiger partial charge in [-0.25, -0.2) is 9.31 Å². The first-order valence-corrected chi connectivity index (χ1v) is 6.44. The second kappa shape index (κ2) is 5.28. The molecule has 21 heavy (non-hydrogen) atoms. The SMILES string of the molecule is COC(=O)c1c(-c2ccc(OC)cc2)nn2ccccc12. The molecule has 0 unspecified atom stereocenters. The molecule has 5 heteroatoms. The number of fused-ring (bicyclic) bond motifs is 1. The van der Waals surface area contributed by atoms with E-state index in [1.165, 1.54) is 7.11 Å². The Bertz CT molecular complexity index is 791. The van der Waals surface area contributed by atoms with Gasteiger partial charge in [0.2, 0.25) is 0 Å². The predicted octanol–water partition coefficient (Wildman–Crippen LogP) is 2.80. The van der Waals surface area contributed by atoms with Crippen molar-refractivity contribution < 1.29 is 14.3 Å². The van der Waals surface area contributed by atoms with Crippen LogP contribution in [-0.2, 0) is 4.74 Å². The van der Waals surface area contributed by atoms with Gasteiger partial charge in [0.15, 0.2) is 0 Å². The van der Waals surface area contributed by atoms with E-state index in [0.29, 0.717) is 11.3 Å². The number of methoxy groups -OCH3 is 2. The number of carbonyl (C=O) groups excluding carboxylic acids is 1. The van der Waals surface area contributed by atoms with Crippen LogP contribution in [0.5, 0.6) is 5.75 Å². The summed E-state index contributed by atoms with van der Waals surface area (Å²) in [4.78, 5) is 12.1. The number of pyridine rings is 1. The smallest absolute Gasteiger partial charge is 0.342 e. The molecule has 0 amide bonds. The average Bonchev–Trinajstić information content (AvgIpc) is 2.93. The van der Waals surface area contributed by atoms with Crippen molar-refractivity contribution in [1.82, 2.24) is 9.61 Å². The van der Waals surface area contributed by atoms with Crippen LogP contribution in [0.25, 0.3) is 16.8 Å². The van der Waals surface area contributed by atoms with Gasteiger partial charge in [0.05, 0.1) is 19.7 Å². The van der Waals surface area contributed by atoms with Crippen LogP contribution in [0, 0.1) is 0 Å². The van der Waals surface area contributed by atoms with E-state index < -0.39 is 5.97 Å². The Hall–Kier alpha value is -2.82.